The molecule has 26 nitrogen and oxygen atoms in total. The summed E-state index contributed by atoms with van der Waals surface area (Å²) in [6.45, 7) is 5.68. The number of aliphatic hydroxyl groups excluding tert-OH is 1. The molecule has 2 aliphatic heterocycles. The number of carbonyl (C=O) groups excluding carboxylic acids is 6. The summed E-state index contributed by atoms with van der Waals surface area (Å²) in [6.07, 6.45) is 23.8. The van der Waals surface area contributed by atoms with Crippen LogP contribution in [0.2, 0.25) is 0 Å². The number of ether oxygens (including phenoxy) is 12. The normalized spacial score (nSPS) is 12.9. The molecule has 0 amide bonds. The van der Waals surface area contributed by atoms with E-state index in [4.69, 9.17) is 74.1 Å². The van der Waals surface area contributed by atoms with Gasteiger partial charge in [0.25, 0.3) is 6.47 Å². The molecule has 30 heteroatoms. The van der Waals surface area contributed by atoms with Crippen LogP contribution in [0.5, 0.6) is 23.0 Å². The van der Waals surface area contributed by atoms with E-state index in [1.807, 2.05) is 97.1 Å². The summed E-state index contributed by atoms with van der Waals surface area (Å²) in [5.74, 6) is 0.641. The summed E-state index contributed by atoms with van der Waals surface area (Å²) >= 11 is 8.52. The van der Waals surface area contributed by atoms with Crippen molar-refractivity contribution in [3.05, 3.63) is 193 Å². The van der Waals surface area contributed by atoms with Crippen LogP contribution in [0.4, 0.5) is 4.79 Å². The standard InChI is InChI=1S/C24H31NO5.C20H22ClNO5.C19H23NO4.C13H11NO3.C11H21BrO2.CH2O3.2K.H/c1-27-24(26)22-13-9-12-21(25-22)19-10-8-11-20(18-19)28-15-5-2-3-6-16-29-23-14-4-7-17-30-23;1-25-19(23)18-11-7-10-17(22-18)15-8-6-9-16(14-15)26-12-4-2-3-5-13-27-20(21)24;1-23-19(22)18-11-7-10-17(20-18)15-8-6-9-16(14-15)24-13-5-3-2-4-12-21;1-17-13(16)12-7-3-6-11(14-12)9-4-2-5-10(15)8-9;12-8-4-1-2-5-9-13-11-7-3-6-10-14-11;2-1-4-3;;;/h8-13,18,23H,2-7,14-17H2,1H3;6-11,14H,2-5,12-13H2,1H3;6-11,14,21H,2-5,12-13H2,1H3;2-8,15H,1H3;11H,1-10H2;1,3H;;;/q;;;;;;2*+1;-1/p-1. The van der Waals surface area contributed by atoms with Gasteiger partial charge in [0.05, 0.1) is 77.6 Å². The molecule has 2 saturated heterocycles. The van der Waals surface area contributed by atoms with Crippen LogP contribution in [0.25, 0.3) is 45.0 Å². The van der Waals surface area contributed by atoms with Gasteiger partial charge in [0.2, 0.25) is 0 Å². The van der Waals surface area contributed by atoms with E-state index in [-0.39, 0.29) is 153 Å². The predicted molar refractivity (Wildman–Crippen MR) is 441 cm³/mol. The molecule has 2 unspecified atom stereocenters. The average molecular weight is 1770 g/mol. The second kappa shape index (κ2) is 66.9. The Morgan fingerprint density at radius 3 is 1.04 bits per heavy atom. The van der Waals surface area contributed by atoms with Crippen molar-refractivity contribution < 1.29 is 210 Å². The summed E-state index contributed by atoms with van der Waals surface area (Å²) in [5, 5.41) is 27.7. The van der Waals surface area contributed by atoms with Crippen molar-refractivity contribution in [3.8, 4) is 68.0 Å². The van der Waals surface area contributed by atoms with Crippen LogP contribution in [0.1, 0.15) is 185 Å². The van der Waals surface area contributed by atoms with Gasteiger partial charge in [-0.3, -0.25) is 4.79 Å². The molecular formula is C88H110BrClK2N4O22. The predicted octanol–water partition coefficient (Wildman–Crippen LogP) is 11.6. The first-order valence-corrected chi connectivity index (χ1v) is 40.5. The van der Waals surface area contributed by atoms with Crippen LogP contribution >= 0.6 is 27.5 Å². The Kier molecular flexibility index (Phi) is 59.8. The Morgan fingerprint density at radius 1 is 0.441 bits per heavy atom. The number of benzene rings is 4. The molecule has 10 rings (SSSR count). The van der Waals surface area contributed by atoms with Gasteiger partial charge < -0.3 is 78.6 Å². The van der Waals surface area contributed by atoms with Gasteiger partial charge in [-0.25, -0.2) is 43.9 Å². The topological polar surface area (TPSA) is 337 Å². The molecule has 0 spiro atoms. The van der Waals surface area contributed by atoms with Crippen molar-refractivity contribution in [2.75, 3.05) is 93.2 Å². The smallest absolute Gasteiger partial charge is 1.00 e. The molecule has 2 atom stereocenters. The molecule has 2 fully saturated rings. The van der Waals surface area contributed by atoms with Crippen LogP contribution in [-0.2, 0) is 52.3 Å². The van der Waals surface area contributed by atoms with Crippen LogP contribution in [0, 0.1) is 0 Å². The molecular weight excluding hydrogens is 1660 g/mol. The number of rotatable bonds is 40. The van der Waals surface area contributed by atoms with Crippen molar-refractivity contribution in [2.45, 2.75) is 154 Å². The van der Waals surface area contributed by atoms with Gasteiger partial charge in [0.15, 0.2) is 12.6 Å². The first-order chi connectivity index (χ1) is 56.6. The molecule has 8 aromatic rings. The number of alkyl halides is 1. The maximum Gasteiger partial charge on any atom is 1.00 e. The Balaban J connectivity index is 0.000000505. The number of aliphatic hydroxyl groups is 1. The zero-order valence-corrected chi connectivity index (χ0v) is 77.2. The minimum absolute atomic E-state index is 0. The van der Waals surface area contributed by atoms with Gasteiger partial charge in [-0.1, -0.05) is 114 Å². The number of esters is 4. The molecule has 6 heterocycles. The fraction of sp³-hybridized carbons (Fsp3) is 0.432. The molecule has 0 radical (unpaired) electrons. The first kappa shape index (κ1) is 105. The Labute approximate surface area is 792 Å². The quantitative estimate of drug-likeness (QED) is 0.00415. The van der Waals surface area contributed by atoms with E-state index in [0.29, 0.717) is 54.9 Å². The number of hydrogen-bond acceptors (Lipinski definition) is 26. The number of halogens is 2. The van der Waals surface area contributed by atoms with Crippen molar-refractivity contribution in [1.29, 1.82) is 0 Å². The molecule has 2 aliphatic rings. The fourth-order valence-corrected chi connectivity index (χ4v) is 11.7. The van der Waals surface area contributed by atoms with Crippen molar-refractivity contribution in [3.63, 3.8) is 0 Å². The number of carbonyl (C=O) groups is 6. The van der Waals surface area contributed by atoms with Crippen molar-refractivity contribution in [2.24, 2.45) is 0 Å². The van der Waals surface area contributed by atoms with Crippen LogP contribution < -0.4 is 122 Å². The number of phenols is 1. The third-order valence-corrected chi connectivity index (χ3v) is 17.9. The molecule has 0 saturated carbocycles. The van der Waals surface area contributed by atoms with E-state index in [2.05, 4.69) is 50.2 Å². The summed E-state index contributed by atoms with van der Waals surface area (Å²) in [4.78, 5) is 85.1. The first-order valence-electron chi connectivity index (χ1n) is 39.0. The molecule has 2 N–H and O–H groups in total. The van der Waals surface area contributed by atoms with Gasteiger partial charge in [0.1, 0.15) is 45.8 Å². The number of nitrogens with zero attached hydrogens (tertiary/aromatic N) is 4. The van der Waals surface area contributed by atoms with Gasteiger partial charge in [-0.2, -0.15) is 0 Å². The van der Waals surface area contributed by atoms with E-state index in [1.54, 1.807) is 72.8 Å². The molecule has 0 aliphatic carbocycles. The number of aromatic nitrogens is 4. The fourth-order valence-electron chi connectivity index (χ4n) is 11.2. The molecule has 630 valence electrons. The maximum atomic E-state index is 11.7. The molecule has 4 aromatic carbocycles. The molecule has 118 heavy (non-hydrogen) atoms. The number of methoxy groups -OCH3 is 4. The largest absolute Gasteiger partial charge is 1.00 e. The van der Waals surface area contributed by atoms with Gasteiger partial charge in [-0.15, -0.1) is 0 Å². The number of unbranched alkanes of at least 4 members (excludes halogenated alkanes) is 12. The van der Waals surface area contributed by atoms with Crippen molar-refractivity contribution >= 4 is 63.3 Å². The monoisotopic (exact) mass is 1770 g/mol. The minimum Gasteiger partial charge on any atom is -1.00 e. The Hall–Kier alpha value is -6.70. The number of pyridine rings is 4. The third-order valence-electron chi connectivity index (χ3n) is 17.2. The number of aromatic hydroxyl groups is 1. The van der Waals surface area contributed by atoms with Crippen LogP contribution in [0.15, 0.2) is 170 Å². The van der Waals surface area contributed by atoms with E-state index in [9.17, 15) is 29.1 Å². The minimum atomic E-state index is -0.759. The van der Waals surface area contributed by atoms with Crippen LogP contribution in [0.3, 0.4) is 0 Å². The zero-order chi connectivity index (χ0) is 83.4. The van der Waals surface area contributed by atoms with Gasteiger partial charge in [-0.05, 0) is 213 Å². The van der Waals surface area contributed by atoms with Crippen LogP contribution in [-0.4, -0.2) is 172 Å². The van der Waals surface area contributed by atoms with E-state index < -0.39 is 29.3 Å². The van der Waals surface area contributed by atoms with E-state index >= 15 is 0 Å². The molecule has 4 aromatic heterocycles. The Bertz CT molecular complexity index is 4110. The molecule has 0 bridgehead atoms. The Morgan fingerprint density at radius 2 is 0.746 bits per heavy atom. The average Bonchev–Trinajstić information content (AvgIpc) is 0.859. The number of phenolic OH excluding ortho intramolecular Hbond substituents is 1. The summed E-state index contributed by atoms with van der Waals surface area (Å²) < 4.78 is 63.3. The summed E-state index contributed by atoms with van der Waals surface area (Å²) in [6, 6.07) is 50.5. The van der Waals surface area contributed by atoms with E-state index in [1.165, 1.54) is 73.4 Å². The summed E-state index contributed by atoms with van der Waals surface area (Å²) in [7, 11) is 5.33. The number of hydrogen-bond donors (Lipinski definition) is 2. The van der Waals surface area contributed by atoms with Crippen molar-refractivity contribution in [1.82, 2.24) is 19.9 Å². The SMILES string of the molecule is BrCCCCCCOC1CCCCO1.COC(=O)c1cccc(-c2cccc(O)c2)n1.COC(=O)c1cccc(-c2cccc(OCCCCCCO)c2)n1.COC(=O)c1cccc(-c2cccc(OCCCCCCOC(=O)Cl)c2)n1.COC(=O)c1cccc(-c2cccc(OCCCCCCOC3CCCCO3)c2)n1.O=CO[O-].[H-].[K+].[K+]. The second-order valence-electron chi connectivity index (χ2n) is 26.0. The summed E-state index contributed by atoms with van der Waals surface area (Å²) in [5.41, 5.74) is 6.43. The van der Waals surface area contributed by atoms with Gasteiger partial charge >= 0.3 is 132 Å². The third kappa shape index (κ3) is 45.3. The maximum absolute atomic E-state index is 11.7. The zero-order valence-electron chi connectivity index (χ0n) is 69.6. The van der Waals surface area contributed by atoms with E-state index in [0.717, 1.165) is 168 Å². The van der Waals surface area contributed by atoms with Gasteiger partial charge in [0, 0.05) is 72.2 Å². The second-order valence-corrected chi connectivity index (χ2v) is 27.1.